The standard InChI is InChI=1S/C22H17N7O2/c30-20(7-8-21-27-22(28-31-21)15-9-11-23-12-10-15)26-16-5-6-19(24-13-16)29-14-25-17-3-1-2-4-18(17)29/h1-6,9-14H,7-8H2,(H,26,30). The first-order chi connectivity index (χ1) is 15.3. The number of fused-ring (bicyclic) bond motifs is 1. The molecule has 4 aromatic heterocycles. The molecule has 0 aliphatic carbocycles. The average molecular weight is 411 g/mol. The highest BCUT2D eigenvalue weighted by Gasteiger charge is 2.11. The van der Waals surface area contributed by atoms with Crippen molar-refractivity contribution in [1.29, 1.82) is 0 Å². The Balaban J connectivity index is 1.20. The van der Waals surface area contributed by atoms with Crippen LogP contribution >= 0.6 is 0 Å². The summed E-state index contributed by atoms with van der Waals surface area (Å²) >= 11 is 0. The molecule has 0 aliphatic heterocycles. The van der Waals surface area contributed by atoms with Crippen molar-refractivity contribution in [2.24, 2.45) is 0 Å². The number of aromatic nitrogens is 6. The molecule has 31 heavy (non-hydrogen) atoms. The van der Waals surface area contributed by atoms with Crippen molar-refractivity contribution in [1.82, 2.24) is 29.7 Å². The van der Waals surface area contributed by atoms with E-state index in [0.29, 0.717) is 23.8 Å². The fourth-order valence-electron chi connectivity index (χ4n) is 3.16. The normalized spacial score (nSPS) is 11.0. The van der Waals surface area contributed by atoms with Crippen LogP contribution in [-0.2, 0) is 11.2 Å². The molecule has 0 fully saturated rings. The molecule has 9 nitrogen and oxygen atoms in total. The van der Waals surface area contributed by atoms with Crippen LogP contribution in [0.15, 0.2) is 78.0 Å². The third kappa shape index (κ3) is 4.01. The Morgan fingerprint density at radius 2 is 1.90 bits per heavy atom. The quantitative estimate of drug-likeness (QED) is 0.455. The fraction of sp³-hybridized carbons (Fsp3) is 0.0909. The highest BCUT2D eigenvalue weighted by molar-refractivity contribution is 5.90. The van der Waals surface area contributed by atoms with Crippen LogP contribution in [0.5, 0.6) is 0 Å². The van der Waals surface area contributed by atoms with Crippen LogP contribution in [0.2, 0.25) is 0 Å². The molecule has 4 heterocycles. The van der Waals surface area contributed by atoms with Gasteiger partial charge in [0.1, 0.15) is 12.1 Å². The van der Waals surface area contributed by atoms with Gasteiger partial charge in [0, 0.05) is 30.8 Å². The monoisotopic (exact) mass is 411 g/mol. The van der Waals surface area contributed by atoms with E-state index in [1.165, 1.54) is 0 Å². The Hall–Kier alpha value is -4.40. The van der Waals surface area contributed by atoms with Crippen LogP contribution < -0.4 is 5.32 Å². The lowest BCUT2D eigenvalue weighted by molar-refractivity contribution is -0.116. The van der Waals surface area contributed by atoms with Gasteiger partial charge in [-0.1, -0.05) is 17.3 Å². The zero-order chi connectivity index (χ0) is 21.0. The van der Waals surface area contributed by atoms with Gasteiger partial charge in [0.05, 0.1) is 22.9 Å². The number of benzene rings is 1. The lowest BCUT2D eigenvalue weighted by atomic mass is 10.2. The smallest absolute Gasteiger partial charge is 0.227 e. The van der Waals surface area contributed by atoms with Gasteiger partial charge in [-0.25, -0.2) is 9.97 Å². The van der Waals surface area contributed by atoms with Gasteiger partial charge in [0.15, 0.2) is 0 Å². The molecule has 0 saturated carbocycles. The van der Waals surface area contributed by atoms with Crippen LogP contribution in [-0.4, -0.2) is 35.6 Å². The van der Waals surface area contributed by atoms with Gasteiger partial charge in [-0.3, -0.25) is 14.3 Å². The van der Waals surface area contributed by atoms with Crippen LogP contribution in [0.3, 0.4) is 0 Å². The summed E-state index contributed by atoms with van der Waals surface area (Å²) in [6.07, 6.45) is 7.23. The lowest BCUT2D eigenvalue weighted by Crippen LogP contribution is -2.12. The van der Waals surface area contributed by atoms with E-state index in [1.54, 1.807) is 37.1 Å². The number of rotatable bonds is 6. The van der Waals surface area contributed by atoms with Crippen molar-refractivity contribution in [2.45, 2.75) is 12.8 Å². The lowest BCUT2D eigenvalue weighted by Gasteiger charge is -2.06. The number of carbonyl (C=O) groups excluding carboxylic acids is 1. The molecule has 1 amide bonds. The number of nitrogens with zero attached hydrogens (tertiary/aromatic N) is 6. The zero-order valence-electron chi connectivity index (χ0n) is 16.3. The summed E-state index contributed by atoms with van der Waals surface area (Å²) in [7, 11) is 0. The van der Waals surface area contributed by atoms with Crippen molar-refractivity contribution >= 4 is 22.6 Å². The molecule has 0 atom stereocenters. The van der Waals surface area contributed by atoms with Crippen molar-refractivity contribution in [2.75, 3.05) is 5.32 Å². The van der Waals surface area contributed by atoms with Gasteiger partial charge in [0.25, 0.3) is 0 Å². The van der Waals surface area contributed by atoms with E-state index in [2.05, 4.69) is 30.4 Å². The van der Waals surface area contributed by atoms with E-state index in [9.17, 15) is 4.79 Å². The first kappa shape index (κ1) is 18.6. The minimum absolute atomic E-state index is 0.161. The minimum Gasteiger partial charge on any atom is -0.339 e. The first-order valence-electron chi connectivity index (χ1n) is 9.67. The average Bonchev–Trinajstić information content (AvgIpc) is 3.46. The Labute approximate surface area is 176 Å². The molecule has 152 valence electrons. The first-order valence-corrected chi connectivity index (χ1v) is 9.67. The molecule has 0 spiro atoms. The molecule has 0 aliphatic rings. The second kappa shape index (κ2) is 8.15. The molecule has 9 heteroatoms. The number of anilines is 1. The molecule has 0 radical (unpaired) electrons. The Bertz CT molecular complexity index is 1330. The largest absolute Gasteiger partial charge is 0.339 e. The fourth-order valence-corrected chi connectivity index (χ4v) is 3.16. The SMILES string of the molecule is O=C(CCc1nc(-c2ccncc2)no1)Nc1ccc(-n2cnc3ccccc32)nc1. The molecule has 1 aromatic carbocycles. The van der Waals surface area contributed by atoms with Gasteiger partial charge in [0.2, 0.25) is 17.6 Å². The maximum atomic E-state index is 12.3. The van der Waals surface area contributed by atoms with Crippen molar-refractivity contribution < 1.29 is 9.32 Å². The van der Waals surface area contributed by atoms with Gasteiger partial charge < -0.3 is 9.84 Å². The molecule has 5 rings (SSSR count). The van der Waals surface area contributed by atoms with E-state index in [-0.39, 0.29) is 12.3 Å². The number of para-hydroxylation sites is 2. The predicted molar refractivity (Wildman–Crippen MR) is 113 cm³/mol. The molecule has 0 unspecified atom stereocenters. The summed E-state index contributed by atoms with van der Waals surface area (Å²) in [5, 5.41) is 6.78. The second-order valence-corrected chi connectivity index (χ2v) is 6.80. The van der Waals surface area contributed by atoms with Crippen molar-refractivity contribution in [3.05, 3.63) is 79.3 Å². The molecular weight excluding hydrogens is 394 g/mol. The maximum absolute atomic E-state index is 12.3. The predicted octanol–water partition coefficient (Wildman–Crippen LogP) is 3.44. The van der Waals surface area contributed by atoms with E-state index < -0.39 is 0 Å². The Kier molecular flexibility index (Phi) is 4.89. The van der Waals surface area contributed by atoms with Crippen LogP contribution in [0.1, 0.15) is 12.3 Å². The summed E-state index contributed by atoms with van der Waals surface area (Å²) < 4.78 is 7.13. The highest BCUT2D eigenvalue weighted by Crippen LogP contribution is 2.18. The minimum atomic E-state index is -0.161. The van der Waals surface area contributed by atoms with Crippen molar-refractivity contribution in [3.63, 3.8) is 0 Å². The third-order valence-electron chi connectivity index (χ3n) is 4.70. The van der Waals surface area contributed by atoms with Crippen molar-refractivity contribution in [3.8, 4) is 17.2 Å². The number of aryl methyl sites for hydroxylation is 1. The maximum Gasteiger partial charge on any atom is 0.227 e. The summed E-state index contributed by atoms with van der Waals surface area (Å²) in [5.74, 6) is 1.44. The topological polar surface area (TPSA) is 112 Å². The number of hydrogen-bond acceptors (Lipinski definition) is 7. The van der Waals surface area contributed by atoms with E-state index in [4.69, 9.17) is 4.52 Å². The number of pyridine rings is 2. The second-order valence-electron chi connectivity index (χ2n) is 6.80. The number of carbonyl (C=O) groups is 1. The van der Waals surface area contributed by atoms with Gasteiger partial charge >= 0.3 is 0 Å². The molecule has 0 saturated heterocycles. The molecule has 0 bridgehead atoms. The molecule has 1 N–H and O–H groups in total. The third-order valence-corrected chi connectivity index (χ3v) is 4.70. The number of nitrogens with one attached hydrogen (secondary N) is 1. The summed E-state index contributed by atoms with van der Waals surface area (Å²) in [6, 6.07) is 15.1. The van der Waals surface area contributed by atoms with Gasteiger partial charge in [-0.2, -0.15) is 4.98 Å². The Morgan fingerprint density at radius 1 is 1.03 bits per heavy atom. The van der Waals surface area contributed by atoms with Crippen LogP contribution in [0, 0.1) is 0 Å². The summed E-state index contributed by atoms with van der Waals surface area (Å²) in [6.45, 7) is 0. The van der Waals surface area contributed by atoms with E-state index >= 15 is 0 Å². The van der Waals surface area contributed by atoms with Crippen LogP contribution in [0.4, 0.5) is 5.69 Å². The number of amides is 1. The summed E-state index contributed by atoms with van der Waals surface area (Å²) in [5.41, 5.74) is 3.29. The van der Waals surface area contributed by atoms with Gasteiger partial charge in [-0.15, -0.1) is 0 Å². The molecule has 5 aromatic rings. The molecular formula is C22H17N7O2. The number of hydrogen-bond donors (Lipinski definition) is 1. The van der Waals surface area contributed by atoms with Gasteiger partial charge in [-0.05, 0) is 36.4 Å². The Morgan fingerprint density at radius 3 is 2.74 bits per heavy atom. The number of imidazole rings is 1. The van der Waals surface area contributed by atoms with E-state index in [0.717, 1.165) is 22.4 Å². The van der Waals surface area contributed by atoms with E-state index in [1.807, 2.05) is 41.0 Å². The zero-order valence-corrected chi connectivity index (χ0v) is 16.3. The highest BCUT2D eigenvalue weighted by atomic mass is 16.5. The van der Waals surface area contributed by atoms with Crippen LogP contribution in [0.25, 0.3) is 28.2 Å². The summed E-state index contributed by atoms with van der Waals surface area (Å²) in [4.78, 5) is 29.4.